The lowest BCUT2D eigenvalue weighted by Crippen LogP contribution is -2.61. The van der Waals surface area contributed by atoms with Crippen LogP contribution in [0, 0.1) is 6.92 Å². The fourth-order valence-electron chi connectivity index (χ4n) is 5.11. The van der Waals surface area contributed by atoms with Crippen molar-refractivity contribution in [3.05, 3.63) is 52.8 Å². The first-order chi connectivity index (χ1) is 15.3. The molecule has 2 aromatic rings. The predicted octanol–water partition coefficient (Wildman–Crippen LogP) is 5.07. The number of alkyl halides is 3. The van der Waals surface area contributed by atoms with E-state index in [4.69, 9.17) is 4.74 Å². The number of nitrogens with one attached hydrogen (secondary N) is 1. The summed E-state index contributed by atoms with van der Waals surface area (Å²) < 4.78 is 48.3. The van der Waals surface area contributed by atoms with Crippen molar-refractivity contribution in [1.29, 1.82) is 0 Å². The van der Waals surface area contributed by atoms with Gasteiger partial charge in [-0.15, -0.1) is 0 Å². The molecule has 0 bridgehead atoms. The molecule has 0 radical (unpaired) electrons. The van der Waals surface area contributed by atoms with Gasteiger partial charge in [-0.05, 0) is 83.4 Å². The van der Waals surface area contributed by atoms with Gasteiger partial charge in [-0.1, -0.05) is 0 Å². The second-order valence-electron chi connectivity index (χ2n) is 10.1. The van der Waals surface area contributed by atoms with E-state index >= 15 is 0 Å². The number of hydrogen-bond acceptors (Lipinski definition) is 3. The zero-order chi connectivity index (χ0) is 24.2. The van der Waals surface area contributed by atoms with Crippen molar-refractivity contribution >= 4 is 5.91 Å². The molecule has 2 aliphatic heterocycles. The van der Waals surface area contributed by atoms with Crippen LogP contribution in [0.4, 0.5) is 13.2 Å². The molecule has 180 valence electrons. The summed E-state index contributed by atoms with van der Waals surface area (Å²) in [6, 6.07) is 8.23. The van der Waals surface area contributed by atoms with Gasteiger partial charge in [0.05, 0.1) is 17.2 Å². The van der Waals surface area contributed by atoms with Crippen molar-refractivity contribution in [2.24, 2.45) is 0 Å². The Balaban J connectivity index is 1.54. The van der Waals surface area contributed by atoms with Gasteiger partial charge in [0.25, 0.3) is 5.91 Å². The molecule has 4 rings (SSSR count). The molecule has 8 heteroatoms. The number of likely N-dealkylation sites (tertiary alicyclic amines) is 1. The quantitative estimate of drug-likeness (QED) is 0.691. The third kappa shape index (κ3) is 4.25. The van der Waals surface area contributed by atoms with Crippen LogP contribution in [0.5, 0.6) is 5.75 Å². The minimum absolute atomic E-state index is 0.0494. The molecule has 0 unspecified atom stereocenters. The Hall–Kier alpha value is -2.48. The normalized spacial score (nSPS) is 19.6. The van der Waals surface area contributed by atoms with Gasteiger partial charge in [0.1, 0.15) is 11.4 Å². The third-order valence-electron chi connectivity index (χ3n) is 6.82. The second kappa shape index (κ2) is 8.08. The first kappa shape index (κ1) is 23.7. The summed E-state index contributed by atoms with van der Waals surface area (Å²) >= 11 is 0. The molecule has 0 saturated carbocycles. The van der Waals surface area contributed by atoms with Crippen LogP contribution in [0.2, 0.25) is 0 Å². The highest BCUT2D eigenvalue weighted by Gasteiger charge is 2.49. The minimum atomic E-state index is -4.41. The van der Waals surface area contributed by atoms with Crippen LogP contribution in [0.25, 0.3) is 0 Å². The van der Waals surface area contributed by atoms with Gasteiger partial charge < -0.3 is 19.5 Å². The van der Waals surface area contributed by atoms with Gasteiger partial charge in [0.2, 0.25) is 0 Å². The molecule has 1 fully saturated rings. The maximum Gasteiger partial charge on any atom is 0.431 e. The number of fused-ring (bicyclic) bond motifs is 2. The van der Waals surface area contributed by atoms with Crippen LogP contribution in [-0.2, 0) is 17.3 Å². The van der Waals surface area contributed by atoms with Gasteiger partial charge in [0.15, 0.2) is 0 Å². The van der Waals surface area contributed by atoms with Crippen LogP contribution in [-0.4, -0.2) is 41.1 Å². The van der Waals surface area contributed by atoms with Gasteiger partial charge in [-0.25, -0.2) is 0 Å². The van der Waals surface area contributed by atoms with Crippen molar-refractivity contribution < 1.29 is 22.7 Å². The molecule has 1 saturated heterocycles. The van der Waals surface area contributed by atoms with Crippen molar-refractivity contribution in [3.8, 4) is 5.75 Å². The van der Waals surface area contributed by atoms with Crippen molar-refractivity contribution in [2.45, 2.75) is 70.8 Å². The number of carbonyl (C=O) groups excluding carboxylic acids is 1. The average Bonchev–Trinajstić information content (AvgIpc) is 3.21. The fraction of sp³-hybridized carbons (Fsp3) is 0.560. The molecule has 0 atom stereocenters. The second-order valence-corrected chi connectivity index (χ2v) is 10.1. The summed E-state index contributed by atoms with van der Waals surface area (Å²) in [5.41, 5.74) is 0.280. The molecule has 0 aliphatic carbocycles. The van der Waals surface area contributed by atoms with E-state index in [1.54, 1.807) is 17.0 Å². The Morgan fingerprint density at radius 2 is 1.79 bits per heavy atom. The van der Waals surface area contributed by atoms with Gasteiger partial charge in [0, 0.05) is 30.9 Å². The van der Waals surface area contributed by atoms with E-state index in [0.29, 0.717) is 43.7 Å². The number of nitrogens with zero attached hydrogens (tertiary/aromatic N) is 2. The summed E-state index contributed by atoms with van der Waals surface area (Å²) in [7, 11) is 0. The third-order valence-corrected chi connectivity index (χ3v) is 6.82. The highest BCUT2D eigenvalue weighted by Crippen LogP contribution is 2.44. The number of amides is 1. The van der Waals surface area contributed by atoms with Gasteiger partial charge in [-0.3, -0.25) is 4.79 Å². The van der Waals surface area contributed by atoms with Crippen LogP contribution in [0.1, 0.15) is 67.8 Å². The minimum Gasteiger partial charge on any atom is -0.491 e. The smallest absolute Gasteiger partial charge is 0.431 e. The summed E-state index contributed by atoms with van der Waals surface area (Å²) in [5, 5.41) is 3.54. The van der Waals surface area contributed by atoms with E-state index < -0.39 is 22.9 Å². The number of benzene rings is 1. The Morgan fingerprint density at radius 1 is 1.12 bits per heavy atom. The lowest BCUT2D eigenvalue weighted by Gasteiger charge is -2.50. The summed E-state index contributed by atoms with van der Waals surface area (Å²) in [6.07, 6.45) is -3.24. The van der Waals surface area contributed by atoms with Crippen LogP contribution in [0.15, 0.2) is 30.3 Å². The van der Waals surface area contributed by atoms with Crippen molar-refractivity contribution in [1.82, 2.24) is 14.8 Å². The molecule has 1 N–H and O–H groups in total. The number of halogens is 3. The van der Waals surface area contributed by atoms with Gasteiger partial charge >= 0.3 is 6.18 Å². The first-order valence-electron chi connectivity index (χ1n) is 11.5. The number of hydrogen-bond donors (Lipinski definition) is 1. The van der Waals surface area contributed by atoms with E-state index in [2.05, 4.69) is 5.32 Å². The molecule has 5 nitrogen and oxygen atoms in total. The standard InChI is InChI=1S/C25H32F3N3O2/c1-16(2)33-19-7-6-18(14-17(19)3)22(32)30-12-10-24(11-13-30)20-8-9-21(25(26,27)28)31(20)23(4,5)15-29-24/h6-9,14,16,29H,10-13,15H2,1-5H3. The van der Waals surface area contributed by atoms with E-state index in [1.807, 2.05) is 46.8 Å². The highest BCUT2D eigenvalue weighted by atomic mass is 19.4. The molecule has 3 heterocycles. The Bertz CT molecular complexity index is 1050. The SMILES string of the molecule is Cc1cc(C(=O)N2CCC3(CC2)NCC(C)(C)n2c(C(F)(F)F)ccc23)ccc1OC(C)C. The predicted molar refractivity (Wildman–Crippen MR) is 121 cm³/mol. The van der Waals surface area contributed by atoms with E-state index in [9.17, 15) is 18.0 Å². The van der Waals surface area contributed by atoms with Crippen LogP contribution in [0.3, 0.4) is 0 Å². The molecule has 1 aromatic carbocycles. The number of aromatic nitrogens is 1. The largest absolute Gasteiger partial charge is 0.491 e. The zero-order valence-corrected chi connectivity index (χ0v) is 19.8. The number of rotatable bonds is 3. The maximum atomic E-state index is 13.7. The molecular weight excluding hydrogens is 431 g/mol. The van der Waals surface area contributed by atoms with Crippen molar-refractivity contribution in [2.75, 3.05) is 19.6 Å². The molecule has 33 heavy (non-hydrogen) atoms. The Labute approximate surface area is 192 Å². The average molecular weight is 464 g/mol. The Morgan fingerprint density at radius 3 is 2.36 bits per heavy atom. The summed E-state index contributed by atoms with van der Waals surface area (Å²) in [5.74, 6) is 0.695. The lowest BCUT2D eigenvalue weighted by molar-refractivity contribution is -0.146. The number of ether oxygens (including phenoxy) is 1. The van der Waals surface area contributed by atoms with Crippen molar-refractivity contribution in [3.63, 3.8) is 0 Å². The summed E-state index contributed by atoms with van der Waals surface area (Å²) in [6.45, 7) is 10.8. The monoisotopic (exact) mass is 463 g/mol. The molecule has 1 spiro atoms. The van der Waals surface area contributed by atoms with E-state index in [0.717, 1.165) is 11.3 Å². The summed E-state index contributed by atoms with van der Waals surface area (Å²) in [4.78, 5) is 14.9. The number of carbonyl (C=O) groups is 1. The van der Waals surface area contributed by atoms with Crippen LogP contribution >= 0.6 is 0 Å². The zero-order valence-electron chi connectivity index (χ0n) is 19.8. The fourth-order valence-corrected chi connectivity index (χ4v) is 5.11. The van der Waals surface area contributed by atoms with E-state index in [1.165, 1.54) is 10.6 Å². The number of aryl methyl sites for hydroxylation is 1. The number of piperidine rings is 1. The molecular formula is C25H32F3N3O2. The lowest BCUT2D eigenvalue weighted by atomic mass is 9.80. The van der Waals surface area contributed by atoms with Gasteiger partial charge in [-0.2, -0.15) is 13.2 Å². The molecule has 1 amide bonds. The highest BCUT2D eigenvalue weighted by molar-refractivity contribution is 5.94. The molecule has 1 aromatic heterocycles. The maximum absolute atomic E-state index is 13.7. The molecule has 2 aliphatic rings. The van der Waals surface area contributed by atoms with Crippen LogP contribution < -0.4 is 10.1 Å². The topological polar surface area (TPSA) is 46.5 Å². The Kier molecular flexibility index (Phi) is 5.79. The van der Waals surface area contributed by atoms with E-state index in [-0.39, 0.29) is 12.0 Å². The first-order valence-corrected chi connectivity index (χ1v) is 11.5.